The van der Waals surface area contributed by atoms with Crippen molar-refractivity contribution in [3.63, 3.8) is 0 Å². The minimum Gasteiger partial charge on any atom is -0.356 e. The van der Waals surface area contributed by atoms with E-state index in [1.54, 1.807) is 7.05 Å². The van der Waals surface area contributed by atoms with Crippen LogP contribution in [-0.2, 0) is 17.5 Å². The van der Waals surface area contributed by atoms with Crippen LogP contribution in [0, 0.1) is 0 Å². The van der Waals surface area contributed by atoms with Gasteiger partial charge in [-0.2, -0.15) is 13.2 Å². The van der Waals surface area contributed by atoms with E-state index in [1.165, 1.54) is 18.6 Å². The molecule has 2 N–H and O–H groups in total. The van der Waals surface area contributed by atoms with E-state index < -0.39 is 11.7 Å². The average molecular weight is 384 g/mol. The molecule has 0 radical (unpaired) electrons. The lowest BCUT2D eigenvalue weighted by Gasteiger charge is -2.33. The van der Waals surface area contributed by atoms with Crippen molar-refractivity contribution in [2.75, 3.05) is 20.1 Å². The van der Waals surface area contributed by atoms with E-state index in [-0.39, 0.29) is 5.91 Å². The number of likely N-dealkylation sites (tertiary alicyclic amines) is 1. The zero-order valence-corrected chi connectivity index (χ0v) is 15.8. The molecule has 0 bridgehead atoms. The Morgan fingerprint density at radius 3 is 2.52 bits per heavy atom. The second kappa shape index (κ2) is 9.62. The Morgan fingerprint density at radius 2 is 1.93 bits per heavy atom. The monoisotopic (exact) mass is 384 g/mol. The van der Waals surface area contributed by atoms with E-state index in [1.807, 2.05) is 4.90 Å². The molecule has 1 aliphatic rings. The van der Waals surface area contributed by atoms with E-state index in [9.17, 15) is 18.0 Å². The quantitative estimate of drug-likeness (QED) is 0.606. The molecule has 0 spiro atoms. The summed E-state index contributed by atoms with van der Waals surface area (Å²) < 4.78 is 37.7. The van der Waals surface area contributed by atoms with E-state index in [0.717, 1.165) is 31.5 Å². The summed E-state index contributed by atoms with van der Waals surface area (Å²) in [5, 5.41) is 6.11. The molecule has 0 saturated carbocycles. The first-order valence-electron chi connectivity index (χ1n) is 9.21. The van der Waals surface area contributed by atoms with Gasteiger partial charge in [-0.3, -0.25) is 9.79 Å². The van der Waals surface area contributed by atoms with Crippen molar-refractivity contribution in [1.29, 1.82) is 0 Å². The molecule has 27 heavy (non-hydrogen) atoms. The highest BCUT2D eigenvalue weighted by molar-refractivity contribution is 5.81. The normalized spacial score (nSPS) is 18.3. The molecule has 1 saturated heterocycles. The van der Waals surface area contributed by atoms with Gasteiger partial charge < -0.3 is 15.5 Å². The minimum absolute atomic E-state index is 0.132. The van der Waals surface area contributed by atoms with Crippen LogP contribution >= 0.6 is 0 Å². The molecule has 1 heterocycles. The summed E-state index contributed by atoms with van der Waals surface area (Å²) in [6.45, 7) is 3.69. The molecule has 2 rings (SSSR count). The van der Waals surface area contributed by atoms with Gasteiger partial charge in [0, 0.05) is 39.1 Å². The van der Waals surface area contributed by atoms with Gasteiger partial charge in [-0.15, -0.1) is 0 Å². The maximum atomic E-state index is 12.6. The van der Waals surface area contributed by atoms with Crippen molar-refractivity contribution in [2.24, 2.45) is 4.99 Å². The number of aliphatic imine (C=N–C) groups is 1. The largest absolute Gasteiger partial charge is 0.416 e. The van der Waals surface area contributed by atoms with Crippen LogP contribution in [0.15, 0.2) is 29.3 Å². The lowest BCUT2D eigenvalue weighted by molar-refractivity contribution is -0.137. The van der Waals surface area contributed by atoms with Crippen molar-refractivity contribution in [2.45, 2.75) is 51.4 Å². The molecule has 150 valence electrons. The van der Waals surface area contributed by atoms with Gasteiger partial charge >= 0.3 is 6.18 Å². The number of guanidine groups is 1. The fraction of sp³-hybridized carbons (Fsp3) is 0.579. The molecule has 1 amide bonds. The van der Waals surface area contributed by atoms with Crippen molar-refractivity contribution in [1.82, 2.24) is 15.5 Å². The molecule has 1 aromatic carbocycles. The third kappa shape index (κ3) is 6.45. The minimum atomic E-state index is -4.33. The van der Waals surface area contributed by atoms with Gasteiger partial charge in [-0.1, -0.05) is 12.1 Å². The number of halogens is 3. The number of benzene rings is 1. The van der Waals surface area contributed by atoms with Crippen LogP contribution < -0.4 is 10.6 Å². The van der Waals surface area contributed by atoms with Crippen LogP contribution in [0.4, 0.5) is 13.2 Å². The first kappa shape index (κ1) is 21.1. The fourth-order valence-corrected chi connectivity index (χ4v) is 3.12. The van der Waals surface area contributed by atoms with Crippen LogP contribution in [-0.4, -0.2) is 42.9 Å². The van der Waals surface area contributed by atoms with Gasteiger partial charge in [-0.25, -0.2) is 0 Å². The molecule has 1 fully saturated rings. The summed E-state index contributed by atoms with van der Waals surface area (Å²) >= 11 is 0. The molecule has 0 aromatic heterocycles. The van der Waals surface area contributed by atoms with Crippen LogP contribution in [0.25, 0.3) is 0 Å². The van der Waals surface area contributed by atoms with Crippen LogP contribution in [0.1, 0.15) is 43.7 Å². The van der Waals surface area contributed by atoms with Gasteiger partial charge in [0.25, 0.3) is 0 Å². The standard InChI is InChI=1S/C19H27F3N4O/c1-14-5-3-4-12-26(14)17(27)10-11-24-18(23-2)25-13-15-6-8-16(9-7-15)19(20,21)22/h6-9,14H,3-5,10-13H2,1-2H3,(H2,23,24,25). The summed E-state index contributed by atoms with van der Waals surface area (Å²) in [6.07, 6.45) is -0.674. The van der Waals surface area contributed by atoms with E-state index in [2.05, 4.69) is 22.5 Å². The summed E-state index contributed by atoms with van der Waals surface area (Å²) in [6, 6.07) is 5.29. The maximum absolute atomic E-state index is 12.6. The predicted molar refractivity (Wildman–Crippen MR) is 99.3 cm³/mol. The first-order chi connectivity index (χ1) is 12.8. The Balaban J connectivity index is 1.75. The summed E-state index contributed by atoms with van der Waals surface area (Å²) in [5.74, 6) is 0.641. The Bertz CT molecular complexity index is 643. The topological polar surface area (TPSA) is 56.7 Å². The number of hydrogen-bond acceptors (Lipinski definition) is 2. The maximum Gasteiger partial charge on any atom is 0.416 e. The third-order valence-corrected chi connectivity index (χ3v) is 4.72. The second-order valence-electron chi connectivity index (χ2n) is 6.73. The average Bonchev–Trinajstić information content (AvgIpc) is 2.64. The number of hydrogen-bond donors (Lipinski definition) is 2. The highest BCUT2D eigenvalue weighted by atomic mass is 19.4. The Labute approximate surface area is 158 Å². The lowest BCUT2D eigenvalue weighted by atomic mass is 10.0. The molecular formula is C19H27F3N4O. The van der Waals surface area contributed by atoms with Crippen LogP contribution in [0.3, 0.4) is 0 Å². The molecular weight excluding hydrogens is 357 g/mol. The van der Waals surface area contributed by atoms with E-state index >= 15 is 0 Å². The highest BCUT2D eigenvalue weighted by Crippen LogP contribution is 2.29. The van der Waals surface area contributed by atoms with Crippen molar-refractivity contribution in [3.8, 4) is 0 Å². The van der Waals surface area contributed by atoms with Crippen LogP contribution in [0.5, 0.6) is 0 Å². The van der Waals surface area contributed by atoms with Crippen molar-refractivity contribution < 1.29 is 18.0 Å². The number of carbonyl (C=O) groups excluding carboxylic acids is 1. The zero-order valence-electron chi connectivity index (χ0n) is 15.8. The van der Waals surface area contributed by atoms with Gasteiger partial charge in [0.05, 0.1) is 5.56 Å². The Hall–Kier alpha value is -2.25. The van der Waals surface area contributed by atoms with Gasteiger partial charge in [0.15, 0.2) is 5.96 Å². The smallest absolute Gasteiger partial charge is 0.356 e. The molecule has 5 nitrogen and oxygen atoms in total. The zero-order chi connectivity index (χ0) is 19.9. The lowest BCUT2D eigenvalue weighted by Crippen LogP contribution is -2.44. The molecule has 1 aromatic rings. The Morgan fingerprint density at radius 1 is 1.22 bits per heavy atom. The van der Waals surface area contributed by atoms with Crippen molar-refractivity contribution >= 4 is 11.9 Å². The van der Waals surface area contributed by atoms with Gasteiger partial charge in [-0.05, 0) is 43.9 Å². The van der Waals surface area contributed by atoms with Gasteiger partial charge in [0.1, 0.15) is 0 Å². The molecule has 1 aliphatic heterocycles. The number of carbonyl (C=O) groups is 1. The number of nitrogens with zero attached hydrogens (tertiary/aromatic N) is 2. The number of rotatable bonds is 5. The fourth-order valence-electron chi connectivity index (χ4n) is 3.12. The number of alkyl halides is 3. The molecule has 0 aliphatic carbocycles. The number of piperidine rings is 1. The van der Waals surface area contributed by atoms with Crippen molar-refractivity contribution in [3.05, 3.63) is 35.4 Å². The number of amides is 1. The summed E-state index contributed by atoms with van der Waals surface area (Å²) in [7, 11) is 1.61. The first-order valence-corrected chi connectivity index (χ1v) is 9.21. The van der Waals surface area contributed by atoms with Gasteiger partial charge in [0.2, 0.25) is 5.91 Å². The van der Waals surface area contributed by atoms with E-state index in [0.29, 0.717) is 37.1 Å². The molecule has 1 unspecified atom stereocenters. The SMILES string of the molecule is CN=C(NCCC(=O)N1CCCCC1C)NCc1ccc(C(F)(F)F)cc1. The number of nitrogens with one attached hydrogen (secondary N) is 2. The second-order valence-corrected chi connectivity index (χ2v) is 6.73. The predicted octanol–water partition coefficient (Wildman–Crippen LogP) is 3.16. The highest BCUT2D eigenvalue weighted by Gasteiger charge is 2.29. The van der Waals surface area contributed by atoms with Crippen LogP contribution in [0.2, 0.25) is 0 Å². The molecule has 8 heteroatoms. The summed E-state index contributed by atoms with van der Waals surface area (Å²) in [5.41, 5.74) is 0.0448. The molecule has 1 atom stereocenters. The van der Waals surface area contributed by atoms with E-state index in [4.69, 9.17) is 0 Å². The third-order valence-electron chi connectivity index (χ3n) is 4.72. The Kier molecular flexibility index (Phi) is 7.50. The summed E-state index contributed by atoms with van der Waals surface area (Å²) in [4.78, 5) is 18.3.